The fraction of sp³-hybridized carbons (Fsp3) is 0.375. The Bertz CT molecular complexity index is 581. The first-order valence-corrected chi connectivity index (χ1v) is 6.55. The Labute approximate surface area is 119 Å². The molecule has 0 aromatic heterocycles. The third kappa shape index (κ3) is 2.53. The molecule has 1 aliphatic rings. The highest BCUT2D eigenvalue weighted by Gasteiger charge is 2.45. The number of carbonyl (C=O) groups excluding carboxylic acids is 2. The molecule has 104 valence electrons. The molecular formula is C16H18N2O2. The molecule has 1 N–H and O–H groups in total. The second kappa shape index (κ2) is 5.38. The highest BCUT2D eigenvalue weighted by atomic mass is 16.2. The molecule has 4 heteroatoms. The quantitative estimate of drug-likeness (QED) is 0.828. The van der Waals surface area contributed by atoms with Crippen molar-refractivity contribution in [3.63, 3.8) is 0 Å². The average Bonchev–Trinajstić information content (AvgIpc) is 2.41. The van der Waals surface area contributed by atoms with Crippen molar-refractivity contribution in [2.75, 3.05) is 6.54 Å². The van der Waals surface area contributed by atoms with Gasteiger partial charge < -0.3 is 10.2 Å². The van der Waals surface area contributed by atoms with Crippen molar-refractivity contribution in [2.24, 2.45) is 0 Å². The second-order valence-corrected chi connectivity index (χ2v) is 5.29. The summed E-state index contributed by atoms with van der Waals surface area (Å²) in [6, 6.07) is 8.68. The first kappa shape index (κ1) is 14.1. The highest BCUT2D eigenvalue weighted by Crippen LogP contribution is 2.28. The maximum Gasteiger partial charge on any atom is 0.249 e. The molecule has 0 radical (unpaired) electrons. The number of rotatable bonds is 2. The van der Waals surface area contributed by atoms with Gasteiger partial charge in [0, 0.05) is 0 Å². The van der Waals surface area contributed by atoms with Crippen LogP contribution in [0.2, 0.25) is 0 Å². The van der Waals surface area contributed by atoms with Crippen molar-refractivity contribution >= 4 is 11.8 Å². The van der Waals surface area contributed by atoms with E-state index >= 15 is 0 Å². The SMILES string of the molecule is CC#CCN1C(=O)C(C)(C)NC(=O)C1c1ccccc1. The summed E-state index contributed by atoms with van der Waals surface area (Å²) in [5.41, 5.74) is -0.0932. The number of hydrogen-bond acceptors (Lipinski definition) is 2. The molecule has 0 bridgehead atoms. The van der Waals surface area contributed by atoms with Crippen molar-refractivity contribution in [1.29, 1.82) is 0 Å². The van der Waals surface area contributed by atoms with Gasteiger partial charge in [-0.25, -0.2) is 0 Å². The molecule has 0 spiro atoms. The lowest BCUT2D eigenvalue weighted by Gasteiger charge is -2.42. The minimum atomic E-state index is -0.891. The topological polar surface area (TPSA) is 49.4 Å². The zero-order valence-corrected chi connectivity index (χ0v) is 11.9. The van der Waals surface area contributed by atoms with Gasteiger partial charge in [-0.2, -0.15) is 0 Å². The van der Waals surface area contributed by atoms with Crippen LogP contribution in [0, 0.1) is 11.8 Å². The Hall–Kier alpha value is -2.28. The zero-order chi connectivity index (χ0) is 14.8. The van der Waals surface area contributed by atoms with Crippen LogP contribution in [0.4, 0.5) is 0 Å². The van der Waals surface area contributed by atoms with E-state index in [1.54, 1.807) is 25.7 Å². The summed E-state index contributed by atoms with van der Waals surface area (Å²) < 4.78 is 0. The maximum absolute atomic E-state index is 12.5. The number of carbonyl (C=O) groups is 2. The van der Waals surface area contributed by atoms with Gasteiger partial charge in [0.05, 0.1) is 6.54 Å². The first-order valence-electron chi connectivity index (χ1n) is 6.55. The smallest absolute Gasteiger partial charge is 0.249 e. The summed E-state index contributed by atoms with van der Waals surface area (Å²) in [6.07, 6.45) is 0. The Morgan fingerprint density at radius 2 is 1.90 bits per heavy atom. The molecule has 1 heterocycles. The van der Waals surface area contributed by atoms with E-state index in [1.165, 1.54) is 0 Å². The van der Waals surface area contributed by atoms with Gasteiger partial charge in [-0.05, 0) is 26.3 Å². The molecule has 1 fully saturated rings. The minimum absolute atomic E-state index is 0.117. The first-order chi connectivity index (χ1) is 9.47. The fourth-order valence-corrected chi connectivity index (χ4v) is 2.34. The standard InChI is InChI=1S/C16H18N2O2/c1-4-5-11-18-13(12-9-7-6-8-10-12)14(19)17-16(2,3)15(18)20/h6-10,13H,11H2,1-3H3,(H,17,19). The molecule has 0 saturated carbocycles. The van der Waals surface area contributed by atoms with E-state index in [2.05, 4.69) is 17.2 Å². The van der Waals surface area contributed by atoms with E-state index in [9.17, 15) is 9.59 Å². The van der Waals surface area contributed by atoms with Gasteiger partial charge in [-0.1, -0.05) is 36.3 Å². The van der Waals surface area contributed by atoms with Gasteiger partial charge in [0.2, 0.25) is 11.8 Å². The fourth-order valence-electron chi connectivity index (χ4n) is 2.34. The molecule has 1 saturated heterocycles. The zero-order valence-electron chi connectivity index (χ0n) is 11.9. The molecule has 20 heavy (non-hydrogen) atoms. The molecule has 2 rings (SSSR count). The number of amides is 2. The van der Waals surface area contributed by atoms with Gasteiger partial charge >= 0.3 is 0 Å². The Balaban J connectivity index is 2.43. The van der Waals surface area contributed by atoms with Crippen LogP contribution in [0.3, 0.4) is 0 Å². The van der Waals surface area contributed by atoms with Crippen molar-refractivity contribution in [3.05, 3.63) is 35.9 Å². The van der Waals surface area contributed by atoms with E-state index in [-0.39, 0.29) is 18.4 Å². The van der Waals surface area contributed by atoms with Gasteiger partial charge in [0.25, 0.3) is 0 Å². The van der Waals surface area contributed by atoms with E-state index in [1.807, 2.05) is 30.3 Å². The third-order valence-corrected chi connectivity index (χ3v) is 3.33. The molecule has 1 aliphatic heterocycles. The Morgan fingerprint density at radius 1 is 1.25 bits per heavy atom. The third-order valence-electron chi connectivity index (χ3n) is 3.33. The number of nitrogens with zero attached hydrogens (tertiary/aromatic N) is 1. The number of nitrogens with one attached hydrogen (secondary N) is 1. The monoisotopic (exact) mass is 270 g/mol. The second-order valence-electron chi connectivity index (χ2n) is 5.29. The highest BCUT2D eigenvalue weighted by molar-refractivity contribution is 5.99. The molecule has 4 nitrogen and oxygen atoms in total. The van der Waals surface area contributed by atoms with E-state index in [0.717, 1.165) is 5.56 Å². The summed E-state index contributed by atoms with van der Waals surface area (Å²) in [4.78, 5) is 26.4. The van der Waals surface area contributed by atoms with Crippen molar-refractivity contribution in [2.45, 2.75) is 32.4 Å². The van der Waals surface area contributed by atoms with Crippen LogP contribution in [-0.2, 0) is 9.59 Å². The largest absolute Gasteiger partial charge is 0.340 e. The lowest BCUT2D eigenvalue weighted by molar-refractivity contribution is -0.153. The predicted octanol–water partition coefficient (Wildman–Crippen LogP) is 1.49. The van der Waals surface area contributed by atoms with Crippen LogP contribution >= 0.6 is 0 Å². The lowest BCUT2D eigenvalue weighted by Crippen LogP contribution is -2.64. The van der Waals surface area contributed by atoms with Gasteiger partial charge in [-0.3, -0.25) is 9.59 Å². The van der Waals surface area contributed by atoms with Crippen LogP contribution in [0.15, 0.2) is 30.3 Å². The summed E-state index contributed by atoms with van der Waals surface area (Å²) in [5.74, 6) is 5.37. The van der Waals surface area contributed by atoms with Gasteiger partial charge in [0.15, 0.2) is 0 Å². The number of piperazine rings is 1. The Kier molecular flexibility index (Phi) is 3.80. The normalized spacial score (nSPS) is 20.9. The molecule has 1 aromatic rings. The minimum Gasteiger partial charge on any atom is -0.340 e. The molecular weight excluding hydrogens is 252 g/mol. The number of hydrogen-bond donors (Lipinski definition) is 1. The summed E-state index contributed by atoms with van der Waals surface area (Å²) >= 11 is 0. The summed E-state index contributed by atoms with van der Waals surface area (Å²) in [5, 5.41) is 2.78. The van der Waals surface area contributed by atoms with Gasteiger partial charge in [-0.15, -0.1) is 5.92 Å². The van der Waals surface area contributed by atoms with E-state index < -0.39 is 11.6 Å². The van der Waals surface area contributed by atoms with E-state index in [4.69, 9.17) is 0 Å². The van der Waals surface area contributed by atoms with Crippen molar-refractivity contribution < 1.29 is 9.59 Å². The molecule has 2 amide bonds. The molecule has 1 aromatic carbocycles. The van der Waals surface area contributed by atoms with Crippen LogP contribution in [0.1, 0.15) is 32.4 Å². The maximum atomic E-state index is 12.5. The van der Waals surface area contributed by atoms with Crippen molar-refractivity contribution in [3.8, 4) is 11.8 Å². The van der Waals surface area contributed by atoms with Crippen LogP contribution in [-0.4, -0.2) is 28.8 Å². The average molecular weight is 270 g/mol. The lowest BCUT2D eigenvalue weighted by atomic mass is 9.93. The molecule has 1 unspecified atom stereocenters. The molecule has 0 aliphatic carbocycles. The van der Waals surface area contributed by atoms with Crippen LogP contribution in [0.5, 0.6) is 0 Å². The molecule has 1 atom stereocenters. The summed E-state index contributed by atoms with van der Waals surface area (Å²) in [7, 11) is 0. The predicted molar refractivity (Wildman–Crippen MR) is 76.6 cm³/mol. The van der Waals surface area contributed by atoms with Crippen LogP contribution in [0.25, 0.3) is 0 Å². The summed E-state index contributed by atoms with van der Waals surface area (Å²) in [6.45, 7) is 5.39. The number of benzene rings is 1. The van der Waals surface area contributed by atoms with Crippen molar-refractivity contribution in [1.82, 2.24) is 10.2 Å². The van der Waals surface area contributed by atoms with Gasteiger partial charge in [0.1, 0.15) is 11.6 Å². The van der Waals surface area contributed by atoms with E-state index in [0.29, 0.717) is 0 Å². The Morgan fingerprint density at radius 3 is 2.50 bits per heavy atom. The van der Waals surface area contributed by atoms with Crippen LogP contribution < -0.4 is 5.32 Å².